The number of aromatic nitrogens is 4. The number of carbonyl (C=O) groups excluding carboxylic acids is 2. The second-order valence-corrected chi connectivity index (χ2v) is 16.0. The van der Waals surface area contributed by atoms with Gasteiger partial charge in [0.05, 0.1) is 28.2 Å². The molecule has 0 saturated carbocycles. The van der Waals surface area contributed by atoms with Crippen molar-refractivity contribution >= 4 is 33.6 Å². The monoisotopic (exact) mass is 850 g/mol. The van der Waals surface area contributed by atoms with Crippen LogP contribution in [0.2, 0.25) is 0 Å². The summed E-state index contributed by atoms with van der Waals surface area (Å²) < 4.78 is 117. The third-order valence-corrected chi connectivity index (χ3v) is 12.2. The SMILES string of the molecule is CCn1nc(C(=O)N2CCC(c3ccc(CC(C)n4nc(C(=O)N5CCC(c6ccccc6C(F)(F)F)CC5)c5cc(F)ccc54)cc3C(F)(F)F)CC2)c2ccc(F)cc21. The van der Waals surface area contributed by atoms with E-state index in [0.717, 1.165) is 12.1 Å². The Morgan fingerprint density at radius 3 is 1.82 bits per heavy atom. The largest absolute Gasteiger partial charge is 0.416 e. The van der Waals surface area contributed by atoms with Crippen molar-refractivity contribution in [1.29, 1.82) is 0 Å². The molecule has 6 aromatic rings. The lowest BCUT2D eigenvalue weighted by atomic mass is 9.85. The molecule has 1 unspecified atom stereocenters. The first-order valence-corrected chi connectivity index (χ1v) is 20.3. The Balaban J connectivity index is 0.978. The maximum atomic E-state index is 14.7. The van der Waals surface area contributed by atoms with Crippen molar-refractivity contribution < 1.29 is 44.7 Å². The highest BCUT2D eigenvalue weighted by Crippen LogP contribution is 2.41. The zero-order valence-corrected chi connectivity index (χ0v) is 33.3. The van der Waals surface area contributed by atoms with Crippen molar-refractivity contribution in [3.05, 3.63) is 130 Å². The molecule has 2 aliphatic heterocycles. The zero-order valence-electron chi connectivity index (χ0n) is 33.3. The van der Waals surface area contributed by atoms with Crippen LogP contribution in [0.25, 0.3) is 21.8 Å². The number of alkyl halides is 6. The first-order chi connectivity index (χ1) is 29.0. The molecule has 8 nitrogen and oxygen atoms in total. The maximum Gasteiger partial charge on any atom is 0.416 e. The number of hydrogen-bond donors (Lipinski definition) is 0. The fourth-order valence-corrected chi connectivity index (χ4v) is 9.11. The number of nitrogens with zero attached hydrogens (tertiary/aromatic N) is 6. The molecule has 2 fully saturated rings. The van der Waals surface area contributed by atoms with Crippen LogP contribution in [-0.4, -0.2) is 67.4 Å². The number of amides is 2. The molecular weight excluding hydrogens is 809 g/mol. The number of aryl methyl sites for hydroxylation is 1. The number of benzene rings is 4. The van der Waals surface area contributed by atoms with Crippen LogP contribution in [0.3, 0.4) is 0 Å². The van der Waals surface area contributed by atoms with Gasteiger partial charge >= 0.3 is 12.4 Å². The minimum Gasteiger partial charge on any atom is -0.337 e. The summed E-state index contributed by atoms with van der Waals surface area (Å²) in [5, 5.41) is 9.73. The van der Waals surface area contributed by atoms with Crippen molar-refractivity contribution in [3.8, 4) is 0 Å². The minimum absolute atomic E-state index is 0.0487. The Hall–Kier alpha value is -5.80. The highest BCUT2D eigenvalue weighted by atomic mass is 19.4. The van der Waals surface area contributed by atoms with E-state index in [0.29, 0.717) is 28.5 Å². The molecule has 2 saturated heterocycles. The quantitative estimate of drug-likeness (QED) is 0.143. The van der Waals surface area contributed by atoms with Crippen LogP contribution in [-0.2, 0) is 25.3 Å². The van der Waals surface area contributed by atoms with Crippen molar-refractivity contribution in [3.63, 3.8) is 0 Å². The molecule has 61 heavy (non-hydrogen) atoms. The number of rotatable bonds is 8. The minimum atomic E-state index is -4.68. The van der Waals surface area contributed by atoms with E-state index in [1.807, 2.05) is 6.92 Å². The van der Waals surface area contributed by atoms with E-state index in [1.54, 1.807) is 28.6 Å². The molecule has 0 aliphatic carbocycles. The van der Waals surface area contributed by atoms with Gasteiger partial charge in [0.1, 0.15) is 11.6 Å². The Morgan fingerprint density at radius 2 is 1.21 bits per heavy atom. The van der Waals surface area contributed by atoms with E-state index < -0.39 is 58.9 Å². The van der Waals surface area contributed by atoms with Gasteiger partial charge in [-0.2, -0.15) is 36.5 Å². The standard InChI is InChI=1S/C45H42F8N6O2/c1-3-58-39-25-31(47)9-12-34(39)40(54-58)42(60)56-20-16-29(17-21-56)33-11-8-27(23-37(33)45(51,52)53)22-26(2)59-38-13-10-30(46)24-35(38)41(55-59)43(61)57-18-14-28(15-19-57)32-6-4-5-7-36(32)44(48,49)50/h4-13,23-26,28-29H,3,14-22H2,1-2H3. The molecule has 2 aromatic heterocycles. The van der Waals surface area contributed by atoms with Gasteiger partial charge in [0, 0.05) is 43.5 Å². The van der Waals surface area contributed by atoms with E-state index in [1.165, 1.54) is 64.2 Å². The first kappa shape index (κ1) is 41.9. The molecule has 1 atom stereocenters. The summed E-state index contributed by atoms with van der Waals surface area (Å²) in [5.74, 6) is -2.85. The van der Waals surface area contributed by atoms with Gasteiger partial charge in [-0.15, -0.1) is 0 Å². The molecule has 0 spiro atoms. The van der Waals surface area contributed by atoms with E-state index in [4.69, 9.17) is 0 Å². The van der Waals surface area contributed by atoms with Crippen LogP contribution < -0.4 is 0 Å². The normalized spacial score (nSPS) is 16.5. The topological polar surface area (TPSA) is 76.3 Å². The van der Waals surface area contributed by atoms with Gasteiger partial charge in [-0.25, -0.2) is 8.78 Å². The Morgan fingerprint density at radius 1 is 0.656 bits per heavy atom. The number of hydrogen-bond acceptors (Lipinski definition) is 4. The predicted molar refractivity (Wildman–Crippen MR) is 212 cm³/mol. The fourth-order valence-electron chi connectivity index (χ4n) is 9.11. The van der Waals surface area contributed by atoms with Crippen LogP contribution in [0.15, 0.2) is 78.9 Å². The fraction of sp³-hybridized carbons (Fsp3) is 0.378. The van der Waals surface area contributed by atoms with Crippen LogP contribution in [0.5, 0.6) is 0 Å². The number of halogens is 8. The molecule has 8 rings (SSSR count). The van der Waals surface area contributed by atoms with E-state index in [-0.39, 0.29) is 92.1 Å². The third kappa shape index (κ3) is 8.20. The third-order valence-electron chi connectivity index (χ3n) is 12.2. The summed E-state index contributed by atoms with van der Waals surface area (Å²) in [7, 11) is 0. The summed E-state index contributed by atoms with van der Waals surface area (Å²) in [4.78, 5) is 30.6. The molecule has 0 N–H and O–H groups in total. The molecule has 16 heteroatoms. The van der Waals surface area contributed by atoms with Crippen molar-refractivity contribution in [2.45, 2.75) is 82.7 Å². The highest BCUT2D eigenvalue weighted by Gasteiger charge is 2.39. The Bertz CT molecular complexity index is 2620. The Labute approximate surface area is 345 Å². The molecule has 4 heterocycles. The van der Waals surface area contributed by atoms with Crippen molar-refractivity contribution in [1.82, 2.24) is 29.4 Å². The maximum absolute atomic E-state index is 14.7. The summed E-state index contributed by atoms with van der Waals surface area (Å²) >= 11 is 0. The van der Waals surface area contributed by atoms with Gasteiger partial charge in [0.2, 0.25) is 0 Å². The second-order valence-electron chi connectivity index (χ2n) is 16.0. The molecule has 0 radical (unpaired) electrons. The van der Waals surface area contributed by atoms with Crippen LogP contribution in [0.4, 0.5) is 35.1 Å². The van der Waals surface area contributed by atoms with Crippen LogP contribution >= 0.6 is 0 Å². The average Bonchev–Trinajstić information content (AvgIpc) is 3.80. The smallest absolute Gasteiger partial charge is 0.337 e. The van der Waals surface area contributed by atoms with Crippen molar-refractivity contribution in [2.75, 3.05) is 26.2 Å². The lowest BCUT2D eigenvalue weighted by Gasteiger charge is -2.33. The van der Waals surface area contributed by atoms with E-state index in [2.05, 4.69) is 10.2 Å². The summed E-state index contributed by atoms with van der Waals surface area (Å²) in [6, 6.07) is 17.0. The highest BCUT2D eigenvalue weighted by molar-refractivity contribution is 6.05. The number of likely N-dealkylation sites (tertiary alicyclic amines) is 2. The first-order valence-electron chi connectivity index (χ1n) is 20.3. The average molecular weight is 851 g/mol. The summed E-state index contributed by atoms with van der Waals surface area (Å²) in [6.45, 7) is 4.70. The van der Waals surface area contributed by atoms with E-state index in [9.17, 15) is 44.7 Å². The lowest BCUT2D eigenvalue weighted by molar-refractivity contribution is -0.139. The van der Waals surface area contributed by atoms with E-state index >= 15 is 0 Å². The van der Waals surface area contributed by atoms with Crippen LogP contribution in [0.1, 0.15) is 106 Å². The molecule has 320 valence electrons. The number of fused-ring (bicyclic) bond motifs is 2. The molecule has 2 aliphatic rings. The van der Waals surface area contributed by atoms with Gasteiger partial charge in [-0.05, 0) is 123 Å². The second kappa shape index (κ2) is 16.2. The predicted octanol–water partition coefficient (Wildman–Crippen LogP) is 10.6. The summed E-state index contributed by atoms with van der Waals surface area (Å²) in [5.41, 5.74) is 0.210. The van der Waals surface area contributed by atoms with Gasteiger partial charge in [0.25, 0.3) is 11.8 Å². The van der Waals surface area contributed by atoms with Gasteiger partial charge in [-0.1, -0.05) is 30.3 Å². The van der Waals surface area contributed by atoms with Crippen molar-refractivity contribution in [2.24, 2.45) is 0 Å². The summed E-state index contributed by atoms with van der Waals surface area (Å²) in [6.07, 6.45) is -7.97. The molecule has 0 bridgehead atoms. The Kier molecular flexibility index (Phi) is 11.2. The number of carbonyl (C=O) groups is 2. The zero-order chi connectivity index (χ0) is 43.4. The van der Waals surface area contributed by atoms with Gasteiger partial charge < -0.3 is 9.80 Å². The number of piperidine rings is 2. The molecule has 4 aromatic carbocycles. The van der Waals surface area contributed by atoms with Gasteiger partial charge in [-0.3, -0.25) is 19.0 Å². The molecular formula is C45H42F8N6O2. The van der Waals surface area contributed by atoms with Gasteiger partial charge in [0.15, 0.2) is 11.4 Å². The molecule has 2 amide bonds. The van der Waals surface area contributed by atoms with Crippen LogP contribution in [0, 0.1) is 11.6 Å². The lowest BCUT2D eigenvalue weighted by Crippen LogP contribution is -2.38.